The van der Waals surface area contributed by atoms with Gasteiger partial charge in [-0.05, 0) is 46.6 Å². The number of fused-ring (bicyclic) bond motifs is 5. The van der Waals surface area contributed by atoms with E-state index in [4.69, 9.17) is 16.6 Å². The SMILES string of the molecule is Clc1nc(-c2ccccc2)nc(-c2cccc(-n3c4ccccc4c4c5ccccc5ccc43)c2)n1. The summed E-state index contributed by atoms with van der Waals surface area (Å²) in [6.07, 6.45) is 0. The molecule has 7 rings (SSSR count). The highest BCUT2D eigenvalue weighted by atomic mass is 35.5. The number of nitrogens with zero attached hydrogens (tertiary/aromatic N) is 4. The van der Waals surface area contributed by atoms with Crippen LogP contribution in [0.2, 0.25) is 5.28 Å². The number of aromatic nitrogens is 4. The maximum absolute atomic E-state index is 6.33. The lowest BCUT2D eigenvalue weighted by molar-refractivity contribution is 1.06. The summed E-state index contributed by atoms with van der Waals surface area (Å²) in [5.41, 5.74) is 5.12. The van der Waals surface area contributed by atoms with Crippen LogP contribution in [0.4, 0.5) is 0 Å². The molecule has 0 fully saturated rings. The van der Waals surface area contributed by atoms with Crippen molar-refractivity contribution in [2.24, 2.45) is 0 Å². The molecule has 0 amide bonds. The molecule has 0 bridgehead atoms. The molecular formula is C31H19ClN4. The summed E-state index contributed by atoms with van der Waals surface area (Å²) in [5, 5.41) is 5.13. The molecule has 0 atom stereocenters. The predicted octanol–water partition coefficient (Wildman–Crippen LogP) is 8.11. The van der Waals surface area contributed by atoms with Gasteiger partial charge in [-0.3, -0.25) is 0 Å². The molecule has 170 valence electrons. The van der Waals surface area contributed by atoms with E-state index in [9.17, 15) is 0 Å². The Balaban J connectivity index is 1.46. The van der Waals surface area contributed by atoms with E-state index in [1.807, 2.05) is 42.5 Å². The van der Waals surface area contributed by atoms with Gasteiger partial charge < -0.3 is 4.57 Å². The summed E-state index contributed by atoms with van der Waals surface area (Å²) in [6.45, 7) is 0. The third-order valence-corrected chi connectivity index (χ3v) is 6.73. The number of hydrogen-bond donors (Lipinski definition) is 0. The molecule has 0 aliphatic rings. The first-order valence-corrected chi connectivity index (χ1v) is 12.1. The van der Waals surface area contributed by atoms with Gasteiger partial charge in [0.1, 0.15) is 0 Å². The second kappa shape index (κ2) is 8.29. The van der Waals surface area contributed by atoms with Crippen LogP contribution in [0.1, 0.15) is 0 Å². The minimum Gasteiger partial charge on any atom is -0.309 e. The molecular weight excluding hydrogens is 464 g/mol. The molecule has 0 saturated carbocycles. The van der Waals surface area contributed by atoms with Gasteiger partial charge in [-0.15, -0.1) is 0 Å². The monoisotopic (exact) mass is 482 g/mol. The summed E-state index contributed by atoms with van der Waals surface area (Å²) in [7, 11) is 0. The van der Waals surface area contributed by atoms with Crippen molar-refractivity contribution in [2.45, 2.75) is 0 Å². The van der Waals surface area contributed by atoms with Crippen LogP contribution < -0.4 is 0 Å². The zero-order valence-corrected chi connectivity index (χ0v) is 19.9. The van der Waals surface area contributed by atoms with Gasteiger partial charge in [0.15, 0.2) is 11.6 Å². The molecule has 5 heteroatoms. The molecule has 0 unspecified atom stereocenters. The minimum absolute atomic E-state index is 0.174. The molecule has 0 saturated heterocycles. The summed E-state index contributed by atoms with van der Waals surface area (Å²) in [5.74, 6) is 1.10. The average Bonchev–Trinajstić information content (AvgIpc) is 3.28. The summed E-state index contributed by atoms with van der Waals surface area (Å²) >= 11 is 6.33. The van der Waals surface area contributed by atoms with Crippen molar-refractivity contribution in [2.75, 3.05) is 0 Å². The summed E-state index contributed by atoms with van der Waals surface area (Å²) in [4.78, 5) is 13.5. The van der Waals surface area contributed by atoms with Gasteiger partial charge in [-0.1, -0.05) is 91.0 Å². The van der Waals surface area contributed by atoms with Gasteiger partial charge in [0, 0.05) is 27.6 Å². The first-order valence-electron chi connectivity index (χ1n) is 11.7. The Hall–Kier alpha value is -4.54. The van der Waals surface area contributed by atoms with Crippen LogP contribution >= 0.6 is 11.6 Å². The van der Waals surface area contributed by atoms with Crippen molar-refractivity contribution < 1.29 is 0 Å². The Morgan fingerprint density at radius 1 is 0.528 bits per heavy atom. The largest absolute Gasteiger partial charge is 0.309 e. The fraction of sp³-hybridized carbons (Fsp3) is 0. The average molecular weight is 483 g/mol. The first kappa shape index (κ1) is 20.8. The van der Waals surface area contributed by atoms with E-state index in [2.05, 4.69) is 87.3 Å². The molecule has 7 aromatic rings. The van der Waals surface area contributed by atoms with Crippen LogP contribution in [-0.4, -0.2) is 19.5 Å². The van der Waals surface area contributed by atoms with E-state index >= 15 is 0 Å². The highest BCUT2D eigenvalue weighted by Crippen LogP contribution is 2.37. The maximum Gasteiger partial charge on any atom is 0.226 e. The standard InChI is InChI=1S/C31H19ClN4/c32-31-34-29(21-10-2-1-3-11-21)33-30(35-31)22-12-8-13-23(19-22)36-26-16-7-6-15-25(26)28-24-14-5-4-9-20(24)17-18-27(28)36/h1-19H. The highest BCUT2D eigenvalue weighted by Gasteiger charge is 2.16. The van der Waals surface area contributed by atoms with E-state index in [0.29, 0.717) is 11.6 Å². The fourth-order valence-electron chi connectivity index (χ4n) is 5.00. The summed E-state index contributed by atoms with van der Waals surface area (Å²) in [6, 6.07) is 39.6. The van der Waals surface area contributed by atoms with E-state index in [1.165, 1.54) is 21.5 Å². The van der Waals surface area contributed by atoms with Crippen LogP contribution in [0.25, 0.3) is 61.0 Å². The third-order valence-electron chi connectivity index (χ3n) is 6.56. The van der Waals surface area contributed by atoms with Crippen molar-refractivity contribution in [3.8, 4) is 28.5 Å². The van der Waals surface area contributed by atoms with Crippen LogP contribution in [0, 0.1) is 0 Å². The molecule has 0 aliphatic heterocycles. The molecule has 0 radical (unpaired) electrons. The van der Waals surface area contributed by atoms with E-state index in [1.54, 1.807) is 0 Å². The lowest BCUT2D eigenvalue weighted by atomic mass is 10.0. The smallest absolute Gasteiger partial charge is 0.226 e. The second-order valence-corrected chi connectivity index (χ2v) is 9.04. The minimum atomic E-state index is 0.174. The molecule has 0 spiro atoms. The molecule has 0 N–H and O–H groups in total. The van der Waals surface area contributed by atoms with Crippen molar-refractivity contribution in [3.63, 3.8) is 0 Å². The zero-order chi connectivity index (χ0) is 24.1. The van der Waals surface area contributed by atoms with Crippen LogP contribution in [-0.2, 0) is 0 Å². The number of halogens is 1. The van der Waals surface area contributed by atoms with E-state index < -0.39 is 0 Å². The fourth-order valence-corrected chi connectivity index (χ4v) is 5.16. The van der Waals surface area contributed by atoms with Gasteiger partial charge in [0.05, 0.1) is 11.0 Å². The number of benzene rings is 5. The van der Waals surface area contributed by atoms with Crippen LogP contribution in [0.5, 0.6) is 0 Å². The molecule has 2 aromatic heterocycles. The lowest BCUT2D eigenvalue weighted by Gasteiger charge is -2.11. The Morgan fingerprint density at radius 3 is 2.08 bits per heavy atom. The zero-order valence-electron chi connectivity index (χ0n) is 19.1. The van der Waals surface area contributed by atoms with Crippen LogP contribution in [0.3, 0.4) is 0 Å². The van der Waals surface area contributed by atoms with E-state index in [0.717, 1.165) is 27.8 Å². The first-order chi connectivity index (χ1) is 17.8. The second-order valence-electron chi connectivity index (χ2n) is 8.70. The number of hydrogen-bond acceptors (Lipinski definition) is 3. The Labute approximate surface area is 212 Å². The molecule has 4 nitrogen and oxygen atoms in total. The van der Waals surface area contributed by atoms with E-state index in [-0.39, 0.29) is 5.28 Å². The Morgan fingerprint density at radius 2 is 1.22 bits per heavy atom. The molecule has 2 heterocycles. The van der Waals surface area contributed by atoms with Crippen molar-refractivity contribution >= 4 is 44.2 Å². The summed E-state index contributed by atoms with van der Waals surface area (Å²) < 4.78 is 2.31. The van der Waals surface area contributed by atoms with Gasteiger partial charge in [0.2, 0.25) is 5.28 Å². The Kier molecular flexibility index (Phi) is 4.79. The van der Waals surface area contributed by atoms with Crippen molar-refractivity contribution in [3.05, 3.63) is 121 Å². The van der Waals surface area contributed by atoms with Crippen LogP contribution in [0.15, 0.2) is 115 Å². The van der Waals surface area contributed by atoms with Crippen molar-refractivity contribution in [1.82, 2.24) is 19.5 Å². The quantitative estimate of drug-likeness (QED) is 0.255. The molecule has 36 heavy (non-hydrogen) atoms. The van der Waals surface area contributed by atoms with Gasteiger partial charge in [-0.2, -0.15) is 9.97 Å². The normalized spacial score (nSPS) is 11.5. The predicted molar refractivity (Wildman–Crippen MR) is 148 cm³/mol. The Bertz CT molecular complexity index is 1910. The van der Waals surface area contributed by atoms with Gasteiger partial charge >= 0.3 is 0 Å². The van der Waals surface area contributed by atoms with Crippen molar-refractivity contribution in [1.29, 1.82) is 0 Å². The maximum atomic E-state index is 6.33. The van der Waals surface area contributed by atoms with Gasteiger partial charge in [0.25, 0.3) is 0 Å². The highest BCUT2D eigenvalue weighted by molar-refractivity contribution is 6.28. The van der Waals surface area contributed by atoms with Gasteiger partial charge in [-0.25, -0.2) is 4.98 Å². The topological polar surface area (TPSA) is 43.6 Å². The number of para-hydroxylation sites is 1. The lowest BCUT2D eigenvalue weighted by Crippen LogP contribution is -1.99. The third kappa shape index (κ3) is 3.35. The number of rotatable bonds is 3. The molecule has 5 aromatic carbocycles. The molecule has 0 aliphatic carbocycles.